The SMILES string of the molecule is COC(=O)C(NC(=O)N[C@@H](Cc1ccccc1)C(=O)N[C@H]1CCCCNC(=O)/C=C/[C@H](Cc2c[nH]c3ccccc23)NC1=O)C(C)C. The van der Waals surface area contributed by atoms with E-state index < -0.39 is 48.0 Å². The van der Waals surface area contributed by atoms with Gasteiger partial charge in [-0.25, -0.2) is 9.59 Å². The molecule has 1 aromatic heterocycles. The maximum absolute atomic E-state index is 13.8. The zero-order valence-corrected chi connectivity index (χ0v) is 27.0. The molecule has 2 heterocycles. The largest absolute Gasteiger partial charge is 0.467 e. The number of fused-ring (bicyclic) bond motifs is 1. The Bertz CT molecular complexity index is 1570. The zero-order chi connectivity index (χ0) is 33.8. The number of carbonyl (C=O) groups is 5. The summed E-state index contributed by atoms with van der Waals surface area (Å²) in [6.45, 7) is 3.96. The Hall–Kier alpha value is -5.13. The van der Waals surface area contributed by atoms with Crippen molar-refractivity contribution in [3.05, 3.63) is 84.1 Å². The lowest BCUT2D eigenvalue weighted by Gasteiger charge is -2.26. The second kappa shape index (κ2) is 17.0. The number of amides is 5. The third kappa shape index (κ3) is 10.2. The highest BCUT2D eigenvalue weighted by molar-refractivity contribution is 5.93. The number of aromatic nitrogens is 1. The maximum atomic E-state index is 13.8. The van der Waals surface area contributed by atoms with E-state index in [1.165, 1.54) is 13.2 Å². The number of aromatic amines is 1. The monoisotopic (exact) mass is 644 g/mol. The molecule has 12 nitrogen and oxygen atoms in total. The highest BCUT2D eigenvalue weighted by Gasteiger charge is 2.30. The lowest BCUT2D eigenvalue weighted by atomic mass is 10.0. The number of hydrogen-bond acceptors (Lipinski definition) is 6. The molecule has 0 fully saturated rings. The van der Waals surface area contributed by atoms with Gasteiger partial charge in [0.25, 0.3) is 0 Å². The van der Waals surface area contributed by atoms with Gasteiger partial charge < -0.3 is 36.3 Å². The van der Waals surface area contributed by atoms with Crippen LogP contribution < -0.4 is 26.6 Å². The molecular weight excluding hydrogens is 600 g/mol. The molecule has 12 heteroatoms. The summed E-state index contributed by atoms with van der Waals surface area (Å²) in [5.41, 5.74) is 2.72. The van der Waals surface area contributed by atoms with E-state index >= 15 is 0 Å². The first-order chi connectivity index (χ1) is 22.6. The van der Waals surface area contributed by atoms with Crippen molar-refractivity contribution < 1.29 is 28.7 Å². The molecule has 4 rings (SSSR count). The van der Waals surface area contributed by atoms with Crippen molar-refractivity contribution in [2.75, 3.05) is 13.7 Å². The predicted octanol–water partition coefficient (Wildman–Crippen LogP) is 2.64. The minimum absolute atomic E-state index is 0.150. The van der Waals surface area contributed by atoms with Gasteiger partial charge in [0.1, 0.15) is 18.1 Å². The van der Waals surface area contributed by atoms with E-state index in [0.29, 0.717) is 32.2 Å². The third-order valence-electron chi connectivity index (χ3n) is 8.09. The van der Waals surface area contributed by atoms with Crippen LogP contribution in [0.1, 0.15) is 44.2 Å². The quantitative estimate of drug-likeness (QED) is 0.185. The average Bonchev–Trinajstić information content (AvgIpc) is 3.47. The molecular formula is C35H44N6O6. The minimum Gasteiger partial charge on any atom is -0.467 e. The third-order valence-corrected chi connectivity index (χ3v) is 8.09. The van der Waals surface area contributed by atoms with Crippen molar-refractivity contribution in [2.45, 2.75) is 70.1 Å². The number of H-pyrrole nitrogens is 1. The molecule has 0 radical (unpaired) electrons. The smallest absolute Gasteiger partial charge is 0.328 e. The maximum Gasteiger partial charge on any atom is 0.328 e. The number of nitrogens with one attached hydrogen (secondary N) is 6. The topological polar surface area (TPSA) is 171 Å². The second-order valence-electron chi connectivity index (χ2n) is 12.0. The van der Waals surface area contributed by atoms with Crippen LogP contribution in [-0.2, 0) is 36.8 Å². The molecule has 4 atom stereocenters. The van der Waals surface area contributed by atoms with Gasteiger partial charge in [0.15, 0.2) is 0 Å². The van der Waals surface area contributed by atoms with E-state index in [9.17, 15) is 24.0 Å². The van der Waals surface area contributed by atoms with Crippen LogP contribution in [0.15, 0.2) is 72.9 Å². The summed E-state index contributed by atoms with van der Waals surface area (Å²) < 4.78 is 4.83. The minimum atomic E-state index is -1.06. The Morgan fingerprint density at radius 3 is 2.47 bits per heavy atom. The molecule has 0 saturated carbocycles. The van der Waals surface area contributed by atoms with Crippen molar-refractivity contribution in [3.8, 4) is 0 Å². The van der Waals surface area contributed by atoms with Crippen LogP contribution in [-0.4, -0.2) is 72.5 Å². The molecule has 47 heavy (non-hydrogen) atoms. The fraction of sp³-hybridized carbons (Fsp3) is 0.400. The number of para-hydroxylation sites is 1. The molecule has 250 valence electrons. The van der Waals surface area contributed by atoms with Crippen LogP contribution in [0.25, 0.3) is 10.9 Å². The van der Waals surface area contributed by atoms with Crippen molar-refractivity contribution in [1.82, 2.24) is 31.6 Å². The highest BCUT2D eigenvalue weighted by atomic mass is 16.5. The van der Waals surface area contributed by atoms with Crippen LogP contribution in [0.2, 0.25) is 0 Å². The van der Waals surface area contributed by atoms with Gasteiger partial charge in [-0.15, -0.1) is 0 Å². The molecule has 2 aromatic carbocycles. The van der Waals surface area contributed by atoms with Gasteiger partial charge in [0.05, 0.1) is 13.2 Å². The Morgan fingerprint density at radius 1 is 0.979 bits per heavy atom. The van der Waals surface area contributed by atoms with E-state index in [1.54, 1.807) is 19.9 Å². The van der Waals surface area contributed by atoms with E-state index in [-0.39, 0.29) is 18.2 Å². The lowest BCUT2D eigenvalue weighted by Crippen LogP contribution is -2.58. The number of urea groups is 1. The van der Waals surface area contributed by atoms with Gasteiger partial charge in [-0.05, 0) is 48.8 Å². The lowest BCUT2D eigenvalue weighted by molar-refractivity contribution is -0.144. The Kier molecular flexibility index (Phi) is 12.5. The number of ether oxygens (including phenoxy) is 1. The van der Waals surface area contributed by atoms with Crippen molar-refractivity contribution in [2.24, 2.45) is 5.92 Å². The second-order valence-corrected chi connectivity index (χ2v) is 12.0. The van der Waals surface area contributed by atoms with Crippen LogP contribution >= 0.6 is 0 Å². The number of hydrogen-bond donors (Lipinski definition) is 6. The Morgan fingerprint density at radius 2 is 1.72 bits per heavy atom. The number of rotatable bonds is 10. The number of esters is 1. The summed E-state index contributed by atoms with van der Waals surface area (Å²) in [5, 5.41) is 15.1. The first kappa shape index (κ1) is 34.7. The Labute approximate surface area is 274 Å². The molecule has 5 amide bonds. The van der Waals surface area contributed by atoms with Crippen molar-refractivity contribution in [3.63, 3.8) is 0 Å². The van der Waals surface area contributed by atoms with E-state index in [0.717, 1.165) is 22.0 Å². The van der Waals surface area contributed by atoms with Crippen molar-refractivity contribution in [1.29, 1.82) is 0 Å². The summed E-state index contributed by atoms with van der Waals surface area (Å²) in [6.07, 6.45) is 7.01. The number of benzene rings is 2. The van der Waals surface area contributed by atoms with Crippen LogP contribution in [0, 0.1) is 5.92 Å². The highest BCUT2D eigenvalue weighted by Crippen LogP contribution is 2.20. The average molecular weight is 645 g/mol. The molecule has 0 aliphatic carbocycles. The van der Waals surface area contributed by atoms with Gasteiger partial charge in [0.2, 0.25) is 17.7 Å². The molecule has 0 saturated heterocycles. The molecule has 1 unspecified atom stereocenters. The van der Waals surface area contributed by atoms with Gasteiger partial charge >= 0.3 is 12.0 Å². The molecule has 0 bridgehead atoms. The number of methoxy groups -OCH3 is 1. The predicted molar refractivity (Wildman–Crippen MR) is 178 cm³/mol. The molecule has 1 aliphatic heterocycles. The first-order valence-electron chi connectivity index (χ1n) is 15.9. The standard InChI is InChI=1S/C35H44N6O6/c1-22(2)31(34(45)47-3)41-35(46)40-29(19-23-11-5-4-6-12-23)33(44)39-28-15-9-10-18-36-30(42)17-16-25(38-32(28)43)20-24-21-37-27-14-8-7-13-26(24)27/h4-8,11-14,16-17,21-22,25,28-29,31,37H,9-10,15,18-20H2,1-3H3,(H,36,42)(H,38,43)(H,39,44)(H2,40,41,46)/b17-16+/t25-,28+,29+,31?/m1/s1. The summed E-state index contributed by atoms with van der Waals surface area (Å²) in [5.74, 6) is -2.05. The van der Waals surface area contributed by atoms with Gasteiger partial charge in [-0.3, -0.25) is 14.4 Å². The summed E-state index contributed by atoms with van der Waals surface area (Å²) in [6, 6.07) is 12.9. The fourth-order valence-electron chi connectivity index (χ4n) is 5.50. The molecule has 6 N–H and O–H groups in total. The van der Waals surface area contributed by atoms with Crippen LogP contribution in [0.5, 0.6) is 0 Å². The summed E-state index contributed by atoms with van der Waals surface area (Å²) >= 11 is 0. The summed E-state index contributed by atoms with van der Waals surface area (Å²) in [4.78, 5) is 68.5. The first-order valence-corrected chi connectivity index (χ1v) is 15.9. The Balaban J connectivity index is 1.53. The van der Waals surface area contributed by atoms with E-state index in [4.69, 9.17) is 4.74 Å². The van der Waals surface area contributed by atoms with Crippen LogP contribution in [0.4, 0.5) is 4.79 Å². The molecule has 0 spiro atoms. The molecule has 1 aliphatic rings. The normalized spacial score (nSPS) is 19.2. The van der Waals surface area contributed by atoms with Gasteiger partial charge in [-0.1, -0.05) is 68.5 Å². The fourth-order valence-corrected chi connectivity index (χ4v) is 5.50. The summed E-state index contributed by atoms with van der Waals surface area (Å²) in [7, 11) is 1.24. The number of carbonyl (C=O) groups excluding carboxylic acids is 5. The van der Waals surface area contributed by atoms with Crippen molar-refractivity contribution >= 4 is 40.6 Å². The van der Waals surface area contributed by atoms with Gasteiger partial charge in [0, 0.05) is 36.1 Å². The van der Waals surface area contributed by atoms with Crippen LogP contribution in [0.3, 0.4) is 0 Å². The van der Waals surface area contributed by atoms with E-state index in [1.807, 2.05) is 60.8 Å². The zero-order valence-electron chi connectivity index (χ0n) is 27.0. The molecule has 3 aromatic rings. The van der Waals surface area contributed by atoms with E-state index in [2.05, 4.69) is 31.6 Å². The van der Waals surface area contributed by atoms with Gasteiger partial charge in [-0.2, -0.15) is 0 Å².